The van der Waals surface area contributed by atoms with Crippen molar-refractivity contribution in [3.8, 4) is 5.75 Å². The van der Waals surface area contributed by atoms with Crippen LogP contribution in [0.3, 0.4) is 0 Å². The van der Waals surface area contributed by atoms with Crippen LogP contribution in [0.5, 0.6) is 5.75 Å². The maximum absolute atomic E-state index is 11.8. The first-order chi connectivity index (χ1) is 6.33. The van der Waals surface area contributed by atoms with Gasteiger partial charge in [-0.05, 0) is 0 Å². The normalized spacial score (nSPS) is 12.5. The first kappa shape index (κ1) is 10.7. The Morgan fingerprint density at radius 2 is 1.71 bits per heavy atom. The van der Waals surface area contributed by atoms with Gasteiger partial charge in [-0.3, -0.25) is 0 Å². The summed E-state index contributed by atoms with van der Waals surface area (Å²) in [5.41, 5.74) is -5.46. The van der Waals surface area contributed by atoms with Gasteiger partial charge in [-0.1, -0.05) is 0 Å². The fraction of sp³-hybridized carbons (Fsp3) is 0.200. The second kappa shape index (κ2) is 3.40. The molecule has 1 aromatic heterocycles. The Morgan fingerprint density at radius 1 is 1.21 bits per heavy atom. The molecule has 0 N–H and O–H groups in total. The molecule has 1 rings (SSSR count). The highest BCUT2D eigenvalue weighted by atomic mass is 32.2. The van der Waals surface area contributed by atoms with Crippen molar-refractivity contribution < 1.29 is 25.8 Å². The average molecular weight is 228 g/mol. The van der Waals surface area contributed by atoms with E-state index in [1.165, 1.54) is 0 Å². The van der Waals surface area contributed by atoms with E-state index in [0.29, 0.717) is 0 Å². The van der Waals surface area contributed by atoms with E-state index in [-0.39, 0.29) is 0 Å². The van der Waals surface area contributed by atoms with Crippen LogP contribution in [0.1, 0.15) is 0 Å². The lowest BCUT2D eigenvalue weighted by Gasteiger charge is -2.07. The molecule has 9 heteroatoms. The minimum atomic E-state index is -5.63. The topological polar surface area (TPSA) is 69.2 Å². The van der Waals surface area contributed by atoms with Gasteiger partial charge in [0.2, 0.25) is 0 Å². The SMILES string of the molecule is O=S(=O)(Oc1cncnc1)C(F)(F)F. The largest absolute Gasteiger partial charge is 0.534 e. The van der Waals surface area contributed by atoms with Gasteiger partial charge < -0.3 is 4.18 Å². The van der Waals surface area contributed by atoms with Crippen LogP contribution >= 0.6 is 0 Å². The molecule has 0 spiro atoms. The fourth-order valence-electron chi connectivity index (χ4n) is 0.502. The number of hydrogen-bond donors (Lipinski definition) is 0. The molecule has 0 saturated carbocycles. The molecule has 0 radical (unpaired) electrons. The summed E-state index contributed by atoms with van der Waals surface area (Å²) in [6, 6.07) is 0. The standard InChI is InChI=1S/C5H3F3N2O3S/c6-5(7,8)14(11,12)13-4-1-9-3-10-2-4/h1-3H. The van der Waals surface area contributed by atoms with Crippen molar-refractivity contribution in [2.24, 2.45) is 0 Å². The first-order valence-electron chi connectivity index (χ1n) is 3.09. The van der Waals surface area contributed by atoms with Gasteiger partial charge in [0.05, 0.1) is 12.4 Å². The summed E-state index contributed by atoms with van der Waals surface area (Å²) in [7, 11) is -5.63. The Labute approximate surface area is 76.7 Å². The van der Waals surface area contributed by atoms with Crippen LogP contribution in [0, 0.1) is 0 Å². The van der Waals surface area contributed by atoms with Crippen molar-refractivity contribution in [2.45, 2.75) is 5.51 Å². The Balaban J connectivity index is 2.91. The van der Waals surface area contributed by atoms with Gasteiger partial charge in [-0.15, -0.1) is 0 Å². The summed E-state index contributed by atoms with van der Waals surface area (Å²) in [6.45, 7) is 0. The van der Waals surface area contributed by atoms with Gasteiger partial charge >= 0.3 is 15.6 Å². The minimum Gasteiger partial charge on any atom is -0.373 e. The molecule has 0 fully saturated rings. The van der Waals surface area contributed by atoms with Crippen LogP contribution in [0.4, 0.5) is 13.2 Å². The average Bonchev–Trinajstić information content (AvgIpc) is 2.03. The van der Waals surface area contributed by atoms with Crippen LogP contribution in [0.15, 0.2) is 18.7 Å². The van der Waals surface area contributed by atoms with Gasteiger partial charge in [-0.25, -0.2) is 9.97 Å². The van der Waals surface area contributed by atoms with Crippen LogP contribution < -0.4 is 4.18 Å². The highest BCUT2D eigenvalue weighted by molar-refractivity contribution is 7.87. The number of alkyl halides is 3. The van der Waals surface area contributed by atoms with E-state index in [1.807, 2.05) is 0 Å². The molecular weight excluding hydrogens is 225 g/mol. The number of aromatic nitrogens is 2. The van der Waals surface area contributed by atoms with Crippen molar-refractivity contribution in [2.75, 3.05) is 0 Å². The molecular formula is C5H3F3N2O3S. The second-order valence-corrected chi connectivity index (χ2v) is 3.60. The number of halogens is 3. The van der Waals surface area contributed by atoms with E-state index < -0.39 is 21.4 Å². The second-order valence-electron chi connectivity index (χ2n) is 2.06. The smallest absolute Gasteiger partial charge is 0.373 e. The molecule has 78 valence electrons. The quantitative estimate of drug-likeness (QED) is 0.550. The zero-order valence-corrected chi connectivity index (χ0v) is 7.21. The molecule has 1 aromatic rings. The van der Waals surface area contributed by atoms with Crippen molar-refractivity contribution in [1.82, 2.24) is 9.97 Å². The fourth-order valence-corrected chi connectivity index (χ4v) is 0.936. The minimum absolute atomic E-state index is 0.593. The van der Waals surface area contributed by atoms with E-state index >= 15 is 0 Å². The monoisotopic (exact) mass is 228 g/mol. The Hall–Kier alpha value is -1.38. The summed E-state index contributed by atoms with van der Waals surface area (Å²) >= 11 is 0. The number of nitrogens with zero attached hydrogens (tertiary/aromatic N) is 2. The van der Waals surface area contributed by atoms with Crippen LogP contribution in [-0.4, -0.2) is 23.9 Å². The lowest BCUT2D eigenvalue weighted by molar-refractivity contribution is -0.0500. The molecule has 0 aliphatic heterocycles. The maximum atomic E-state index is 11.8. The van der Waals surface area contributed by atoms with Crippen molar-refractivity contribution >= 4 is 10.1 Å². The highest BCUT2D eigenvalue weighted by Crippen LogP contribution is 2.25. The highest BCUT2D eigenvalue weighted by Gasteiger charge is 2.48. The first-order valence-corrected chi connectivity index (χ1v) is 4.49. The molecule has 0 atom stereocenters. The number of hydrogen-bond acceptors (Lipinski definition) is 5. The molecule has 0 saturated heterocycles. The van der Waals surface area contributed by atoms with Gasteiger partial charge in [0.15, 0.2) is 5.75 Å². The summed E-state index contributed by atoms with van der Waals surface area (Å²) in [4.78, 5) is 6.57. The summed E-state index contributed by atoms with van der Waals surface area (Å²) < 4.78 is 59.8. The molecule has 0 aliphatic carbocycles. The van der Waals surface area contributed by atoms with Crippen LogP contribution in [0.25, 0.3) is 0 Å². The lowest BCUT2D eigenvalue weighted by Crippen LogP contribution is -2.28. The summed E-state index contributed by atoms with van der Waals surface area (Å²) in [5.74, 6) is -0.593. The Bertz CT molecular complexity index is 402. The van der Waals surface area contributed by atoms with E-state index in [0.717, 1.165) is 18.7 Å². The zero-order valence-electron chi connectivity index (χ0n) is 6.39. The molecule has 0 unspecified atom stereocenters. The molecule has 0 aliphatic rings. The van der Waals surface area contributed by atoms with Crippen molar-refractivity contribution in [3.05, 3.63) is 18.7 Å². The molecule has 0 bridgehead atoms. The molecule has 14 heavy (non-hydrogen) atoms. The van der Waals surface area contributed by atoms with Gasteiger partial charge in [0.25, 0.3) is 0 Å². The maximum Gasteiger partial charge on any atom is 0.534 e. The van der Waals surface area contributed by atoms with E-state index in [4.69, 9.17) is 0 Å². The van der Waals surface area contributed by atoms with Gasteiger partial charge in [0.1, 0.15) is 6.33 Å². The predicted octanol–water partition coefficient (Wildman–Crippen LogP) is 0.705. The molecule has 0 amide bonds. The van der Waals surface area contributed by atoms with E-state index in [2.05, 4.69) is 14.2 Å². The van der Waals surface area contributed by atoms with Crippen LogP contribution in [-0.2, 0) is 10.1 Å². The Morgan fingerprint density at radius 3 is 2.14 bits per heavy atom. The van der Waals surface area contributed by atoms with Gasteiger partial charge in [-0.2, -0.15) is 21.6 Å². The van der Waals surface area contributed by atoms with Crippen molar-refractivity contribution in [1.29, 1.82) is 0 Å². The number of rotatable bonds is 2. The van der Waals surface area contributed by atoms with Crippen LogP contribution in [0.2, 0.25) is 0 Å². The van der Waals surface area contributed by atoms with E-state index in [9.17, 15) is 21.6 Å². The third-order valence-corrected chi connectivity index (χ3v) is 2.01. The lowest BCUT2D eigenvalue weighted by atomic mass is 10.6. The van der Waals surface area contributed by atoms with Crippen molar-refractivity contribution in [3.63, 3.8) is 0 Å². The molecule has 0 aromatic carbocycles. The molecule has 5 nitrogen and oxygen atoms in total. The van der Waals surface area contributed by atoms with Gasteiger partial charge in [0, 0.05) is 0 Å². The molecule has 1 heterocycles. The third-order valence-electron chi connectivity index (χ3n) is 1.03. The summed E-state index contributed by atoms with van der Waals surface area (Å²) in [6.07, 6.45) is 2.62. The van der Waals surface area contributed by atoms with E-state index in [1.54, 1.807) is 0 Å². The summed E-state index contributed by atoms with van der Waals surface area (Å²) in [5, 5.41) is 0. The zero-order chi connectivity index (χ0) is 10.8. The predicted molar refractivity (Wildman–Crippen MR) is 37.6 cm³/mol. The third kappa shape index (κ3) is 2.31. The Kier molecular flexibility index (Phi) is 2.60.